The van der Waals surface area contributed by atoms with Crippen molar-refractivity contribution in [1.82, 2.24) is 4.90 Å². The van der Waals surface area contributed by atoms with E-state index in [0.717, 1.165) is 4.31 Å². The molecule has 0 bridgehead atoms. The van der Waals surface area contributed by atoms with Crippen LogP contribution in [0.1, 0.15) is 17.3 Å². The largest absolute Gasteiger partial charge is 0.495 e. The Kier molecular flexibility index (Phi) is 6.86. The van der Waals surface area contributed by atoms with Crippen LogP contribution in [0, 0.1) is 0 Å². The van der Waals surface area contributed by atoms with E-state index in [2.05, 4.69) is 0 Å². The molecule has 0 heterocycles. The van der Waals surface area contributed by atoms with Gasteiger partial charge in [-0.1, -0.05) is 12.1 Å². The van der Waals surface area contributed by atoms with Crippen molar-refractivity contribution in [2.75, 3.05) is 32.6 Å². The number of anilines is 1. The molecule has 0 aliphatic carbocycles. The topological polar surface area (TPSA) is 93.2 Å². The second-order valence-electron chi connectivity index (χ2n) is 6.45. The van der Waals surface area contributed by atoms with Gasteiger partial charge < -0.3 is 14.4 Å². The summed E-state index contributed by atoms with van der Waals surface area (Å²) in [7, 11) is 2.13. The molecule has 0 aliphatic heterocycles. The number of para-hydroxylation sites is 2. The van der Waals surface area contributed by atoms with Crippen LogP contribution in [0.4, 0.5) is 5.69 Å². The van der Waals surface area contributed by atoms with Gasteiger partial charge in [-0.05, 0) is 43.3 Å². The number of ether oxygens (including phenoxy) is 2. The molecule has 29 heavy (non-hydrogen) atoms. The lowest BCUT2D eigenvalue weighted by Gasteiger charge is -2.21. The highest BCUT2D eigenvalue weighted by molar-refractivity contribution is 7.92. The lowest BCUT2D eigenvalue weighted by molar-refractivity contribution is -0.137. The molecule has 9 heteroatoms. The summed E-state index contributed by atoms with van der Waals surface area (Å²) in [5.41, 5.74) is 0.525. The number of hydrogen-bond acceptors (Lipinski definition) is 6. The van der Waals surface area contributed by atoms with Crippen LogP contribution in [-0.2, 0) is 19.6 Å². The molecular formula is C20H24N2O6S. The molecule has 0 unspecified atom stereocenters. The number of likely N-dealkylation sites (N-methyl/N-ethyl adjacent to an activating group) is 1. The number of benzene rings is 2. The van der Waals surface area contributed by atoms with Crippen molar-refractivity contribution in [3.63, 3.8) is 0 Å². The Morgan fingerprint density at radius 2 is 1.55 bits per heavy atom. The molecule has 0 radical (unpaired) electrons. The van der Waals surface area contributed by atoms with Crippen molar-refractivity contribution < 1.29 is 27.5 Å². The highest BCUT2D eigenvalue weighted by Gasteiger charge is 2.25. The quantitative estimate of drug-likeness (QED) is 0.637. The number of amides is 1. The minimum atomic E-state index is -3.87. The van der Waals surface area contributed by atoms with Gasteiger partial charge >= 0.3 is 5.97 Å². The van der Waals surface area contributed by atoms with E-state index in [0.29, 0.717) is 11.4 Å². The van der Waals surface area contributed by atoms with Crippen molar-refractivity contribution in [1.29, 1.82) is 0 Å². The second-order valence-corrected chi connectivity index (χ2v) is 8.42. The fourth-order valence-electron chi connectivity index (χ4n) is 2.58. The van der Waals surface area contributed by atoms with Crippen molar-refractivity contribution in [3.8, 4) is 5.75 Å². The Morgan fingerprint density at radius 3 is 2.10 bits per heavy atom. The first-order valence-corrected chi connectivity index (χ1v) is 10.2. The van der Waals surface area contributed by atoms with Gasteiger partial charge in [0, 0.05) is 21.1 Å². The molecule has 2 rings (SSSR count). The number of hydrogen-bond donors (Lipinski definition) is 0. The van der Waals surface area contributed by atoms with Crippen LogP contribution in [0.15, 0.2) is 53.4 Å². The minimum absolute atomic E-state index is 0.000118. The van der Waals surface area contributed by atoms with Crippen molar-refractivity contribution >= 4 is 27.6 Å². The van der Waals surface area contributed by atoms with Gasteiger partial charge in [0.2, 0.25) is 0 Å². The molecule has 2 aromatic rings. The van der Waals surface area contributed by atoms with Crippen LogP contribution < -0.4 is 9.04 Å². The number of carbonyl (C=O) groups excluding carboxylic acids is 2. The van der Waals surface area contributed by atoms with Gasteiger partial charge in [-0.2, -0.15) is 0 Å². The molecule has 1 atom stereocenters. The van der Waals surface area contributed by atoms with Crippen LogP contribution in [0.2, 0.25) is 0 Å². The SMILES string of the molecule is COc1ccccc1N(C)S(=O)(=O)c1ccc(C(=O)O[C@H](C)C(=O)N(C)C)cc1. The van der Waals surface area contributed by atoms with E-state index in [-0.39, 0.29) is 16.4 Å². The first-order valence-electron chi connectivity index (χ1n) is 8.73. The zero-order valence-electron chi connectivity index (χ0n) is 16.9. The maximum atomic E-state index is 12.9. The smallest absolute Gasteiger partial charge is 0.338 e. The first-order chi connectivity index (χ1) is 13.6. The van der Waals surface area contributed by atoms with Crippen LogP contribution in [0.5, 0.6) is 5.75 Å². The molecule has 2 aromatic carbocycles. The third kappa shape index (κ3) is 4.86. The number of nitrogens with zero attached hydrogens (tertiary/aromatic N) is 2. The number of carbonyl (C=O) groups is 2. The molecule has 0 fully saturated rings. The van der Waals surface area contributed by atoms with Crippen LogP contribution in [0.3, 0.4) is 0 Å². The van der Waals surface area contributed by atoms with E-state index in [4.69, 9.17) is 9.47 Å². The van der Waals surface area contributed by atoms with E-state index >= 15 is 0 Å². The zero-order chi connectivity index (χ0) is 21.8. The normalized spacial score (nSPS) is 12.0. The molecule has 0 aliphatic rings. The van der Waals surface area contributed by atoms with Gasteiger partial charge in [0.25, 0.3) is 15.9 Å². The molecule has 0 saturated heterocycles. The summed E-state index contributed by atoms with van der Waals surface area (Å²) in [5, 5.41) is 0. The minimum Gasteiger partial charge on any atom is -0.495 e. The van der Waals surface area contributed by atoms with E-state index in [9.17, 15) is 18.0 Å². The molecule has 0 N–H and O–H groups in total. The van der Waals surface area contributed by atoms with Gasteiger partial charge in [0.05, 0.1) is 23.3 Å². The summed E-state index contributed by atoms with van der Waals surface area (Å²) >= 11 is 0. The van der Waals surface area contributed by atoms with Crippen LogP contribution in [-0.4, -0.2) is 59.6 Å². The summed E-state index contributed by atoms with van der Waals surface area (Å²) in [6, 6.07) is 12.1. The molecule has 0 aromatic heterocycles. The molecule has 0 spiro atoms. The molecular weight excluding hydrogens is 396 g/mol. The predicted octanol–water partition coefficient (Wildman–Crippen LogP) is 2.15. The Hall–Kier alpha value is -3.07. The van der Waals surface area contributed by atoms with Gasteiger partial charge in [0.1, 0.15) is 5.75 Å². The number of esters is 1. The molecule has 8 nitrogen and oxygen atoms in total. The standard InChI is InChI=1S/C20H24N2O6S/c1-14(19(23)21(2)3)28-20(24)15-10-12-16(13-11-15)29(25,26)22(4)17-8-6-7-9-18(17)27-5/h6-14H,1-5H3/t14-/m1/s1. The monoisotopic (exact) mass is 420 g/mol. The lowest BCUT2D eigenvalue weighted by atomic mass is 10.2. The van der Waals surface area contributed by atoms with Gasteiger partial charge in [-0.25, -0.2) is 13.2 Å². The first kappa shape index (κ1) is 22.2. The Morgan fingerprint density at radius 1 is 0.966 bits per heavy atom. The summed E-state index contributed by atoms with van der Waals surface area (Å²) in [6.07, 6.45) is -0.947. The molecule has 156 valence electrons. The Bertz CT molecular complexity index is 986. The van der Waals surface area contributed by atoms with Crippen LogP contribution in [0.25, 0.3) is 0 Å². The van der Waals surface area contributed by atoms with Crippen LogP contribution >= 0.6 is 0 Å². The van der Waals surface area contributed by atoms with Crippen molar-refractivity contribution in [2.45, 2.75) is 17.9 Å². The van der Waals surface area contributed by atoms with Gasteiger partial charge in [-0.3, -0.25) is 9.10 Å². The summed E-state index contributed by atoms with van der Waals surface area (Å²) < 4.78 is 37.3. The van der Waals surface area contributed by atoms with Gasteiger partial charge in [0.15, 0.2) is 6.10 Å². The Labute approximate surface area is 170 Å². The second kappa shape index (κ2) is 8.95. The highest BCUT2D eigenvalue weighted by Crippen LogP contribution is 2.30. The van der Waals surface area contributed by atoms with E-state index in [1.165, 1.54) is 50.2 Å². The van der Waals surface area contributed by atoms with Crippen molar-refractivity contribution in [3.05, 3.63) is 54.1 Å². The Balaban J connectivity index is 2.22. The maximum Gasteiger partial charge on any atom is 0.338 e. The average Bonchev–Trinajstić information content (AvgIpc) is 2.72. The summed E-state index contributed by atoms with van der Waals surface area (Å²) in [5.74, 6) is -0.649. The van der Waals surface area contributed by atoms with Crippen molar-refractivity contribution in [2.24, 2.45) is 0 Å². The van der Waals surface area contributed by atoms with E-state index < -0.39 is 22.1 Å². The third-order valence-electron chi connectivity index (χ3n) is 4.25. The predicted molar refractivity (Wildman–Crippen MR) is 109 cm³/mol. The number of sulfonamides is 1. The summed E-state index contributed by atoms with van der Waals surface area (Å²) in [4.78, 5) is 25.3. The zero-order valence-corrected chi connectivity index (χ0v) is 17.8. The fourth-order valence-corrected chi connectivity index (χ4v) is 3.79. The number of methoxy groups -OCH3 is 1. The van der Waals surface area contributed by atoms with E-state index in [1.807, 2.05) is 0 Å². The fraction of sp³-hybridized carbons (Fsp3) is 0.300. The van der Waals surface area contributed by atoms with E-state index in [1.54, 1.807) is 38.4 Å². The maximum absolute atomic E-state index is 12.9. The molecule has 1 amide bonds. The van der Waals surface area contributed by atoms with Gasteiger partial charge in [-0.15, -0.1) is 0 Å². The molecule has 0 saturated carbocycles. The average molecular weight is 420 g/mol. The highest BCUT2D eigenvalue weighted by atomic mass is 32.2. The third-order valence-corrected chi connectivity index (χ3v) is 6.03. The lowest BCUT2D eigenvalue weighted by Crippen LogP contribution is -2.34. The number of rotatable bonds is 7. The summed E-state index contributed by atoms with van der Waals surface area (Å²) in [6.45, 7) is 1.47.